The summed E-state index contributed by atoms with van der Waals surface area (Å²) in [5.41, 5.74) is 1.92. The number of ether oxygens (including phenoxy) is 1. The number of benzene rings is 2. The second-order valence-corrected chi connectivity index (χ2v) is 5.27. The third kappa shape index (κ3) is 3.43. The number of carbonyl (C=O) groups excluding carboxylic acids is 1. The number of nitrogens with zero attached hydrogens (tertiary/aromatic N) is 3. The van der Waals surface area contributed by atoms with Crippen molar-refractivity contribution < 1.29 is 14.4 Å². The topological polar surface area (TPSA) is 66.2 Å². The van der Waals surface area contributed by atoms with Gasteiger partial charge in [-0.05, 0) is 42.5 Å². The van der Waals surface area contributed by atoms with Gasteiger partial charge < -0.3 is 9.57 Å². The Balaban J connectivity index is 1.61. The fourth-order valence-corrected chi connectivity index (χ4v) is 2.29. The van der Waals surface area contributed by atoms with Crippen molar-refractivity contribution in [2.24, 2.45) is 0 Å². The van der Waals surface area contributed by atoms with E-state index in [1.54, 1.807) is 36.4 Å². The van der Waals surface area contributed by atoms with Crippen LogP contribution in [0.2, 0.25) is 5.02 Å². The van der Waals surface area contributed by atoms with E-state index >= 15 is 0 Å². The molecule has 0 amide bonds. The number of aromatic nitrogens is 3. The van der Waals surface area contributed by atoms with Crippen molar-refractivity contribution in [3.8, 4) is 5.75 Å². The largest absolute Gasteiger partial charge is 0.489 e. The van der Waals surface area contributed by atoms with Crippen LogP contribution >= 0.6 is 11.6 Å². The SMILES string of the molecule is CC(=O)c1ccccc1OCCOn1nnc2ccc(Cl)cc21. The number of hydrogen-bond acceptors (Lipinski definition) is 5. The normalized spacial score (nSPS) is 10.7. The molecule has 0 spiro atoms. The molecule has 6 nitrogen and oxygen atoms in total. The van der Waals surface area contributed by atoms with Crippen LogP contribution in [0.1, 0.15) is 17.3 Å². The van der Waals surface area contributed by atoms with Crippen LogP contribution in [0, 0.1) is 0 Å². The summed E-state index contributed by atoms with van der Waals surface area (Å²) in [5, 5.41) is 8.46. The molecule has 0 fully saturated rings. The Morgan fingerprint density at radius 2 is 2.04 bits per heavy atom. The molecule has 0 aliphatic rings. The zero-order valence-corrected chi connectivity index (χ0v) is 13.2. The van der Waals surface area contributed by atoms with Crippen molar-refractivity contribution in [2.45, 2.75) is 6.92 Å². The number of rotatable bonds is 6. The van der Waals surface area contributed by atoms with Crippen LogP contribution in [-0.2, 0) is 0 Å². The summed E-state index contributed by atoms with van der Waals surface area (Å²) < 4.78 is 5.60. The predicted octanol–water partition coefficient (Wildman–Crippen LogP) is 2.79. The summed E-state index contributed by atoms with van der Waals surface area (Å²) in [5.74, 6) is 0.494. The first-order valence-corrected chi connectivity index (χ1v) is 7.40. The highest BCUT2D eigenvalue weighted by atomic mass is 35.5. The number of hydrogen-bond donors (Lipinski definition) is 0. The summed E-state index contributed by atoms with van der Waals surface area (Å²) in [7, 11) is 0. The van der Waals surface area contributed by atoms with Crippen molar-refractivity contribution in [1.82, 2.24) is 15.2 Å². The summed E-state index contributed by atoms with van der Waals surface area (Å²) in [6.45, 7) is 2.02. The third-order valence-corrected chi connectivity index (χ3v) is 3.43. The minimum atomic E-state index is -0.0431. The van der Waals surface area contributed by atoms with Gasteiger partial charge >= 0.3 is 0 Å². The summed E-state index contributed by atoms with van der Waals surface area (Å²) in [6.07, 6.45) is 0. The molecule has 0 atom stereocenters. The van der Waals surface area contributed by atoms with Crippen LogP contribution in [0.4, 0.5) is 0 Å². The highest BCUT2D eigenvalue weighted by Crippen LogP contribution is 2.18. The quantitative estimate of drug-likeness (QED) is 0.513. The van der Waals surface area contributed by atoms with E-state index in [2.05, 4.69) is 10.3 Å². The standard InChI is InChI=1S/C16H14ClN3O3/c1-11(21)13-4-2-3-5-16(13)22-8-9-23-20-15-10-12(17)6-7-14(15)18-19-20/h2-7,10H,8-9H2,1H3. The van der Waals surface area contributed by atoms with Crippen LogP contribution < -0.4 is 9.57 Å². The van der Waals surface area contributed by atoms with Gasteiger partial charge in [0, 0.05) is 5.02 Å². The van der Waals surface area contributed by atoms with Gasteiger partial charge in [0.25, 0.3) is 0 Å². The molecule has 118 valence electrons. The maximum Gasteiger partial charge on any atom is 0.163 e. The van der Waals surface area contributed by atoms with Crippen LogP contribution in [0.25, 0.3) is 11.0 Å². The Morgan fingerprint density at radius 1 is 1.22 bits per heavy atom. The summed E-state index contributed by atoms with van der Waals surface area (Å²) in [6, 6.07) is 12.3. The molecule has 0 N–H and O–H groups in total. The van der Waals surface area contributed by atoms with E-state index in [4.69, 9.17) is 21.2 Å². The number of ketones is 1. The Morgan fingerprint density at radius 3 is 2.87 bits per heavy atom. The van der Waals surface area contributed by atoms with Gasteiger partial charge in [-0.2, -0.15) is 0 Å². The van der Waals surface area contributed by atoms with Crippen LogP contribution in [0.5, 0.6) is 5.75 Å². The number of Topliss-reactive ketones (excluding diaryl/α,β-unsaturated/α-hetero) is 1. The molecule has 0 unspecified atom stereocenters. The Kier molecular flexibility index (Phi) is 4.43. The second-order valence-electron chi connectivity index (χ2n) is 4.83. The Bertz CT molecular complexity index is 847. The Labute approximate surface area is 137 Å². The van der Waals surface area contributed by atoms with Crippen molar-refractivity contribution >= 4 is 28.4 Å². The van der Waals surface area contributed by atoms with E-state index in [1.807, 2.05) is 6.07 Å². The van der Waals surface area contributed by atoms with E-state index in [9.17, 15) is 4.79 Å². The second kappa shape index (κ2) is 6.66. The lowest BCUT2D eigenvalue weighted by atomic mass is 10.1. The maximum absolute atomic E-state index is 11.5. The lowest BCUT2D eigenvalue weighted by Gasteiger charge is -2.10. The molecule has 0 saturated carbocycles. The lowest BCUT2D eigenvalue weighted by Crippen LogP contribution is -2.19. The smallest absolute Gasteiger partial charge is 0.163 e. The van der Waals surface area contributed by atoms with Crippen molar-refractivity contribution in [3.63, 3.8) is 0 Å². The van der Waals surface area contributed by atoms with E-state index in [0.717, 1.165) is 0 Å². The van der Waals surface area contributed by atoms with E-state index < -0.39 is 0 Å². The fraction of sp³-hybridized carbons (Fsp3) is 0.188. The van der Waals surface area contributed by atoms with Gasteiger partial charge in [0.2, 0.25) is 0 Å². The van der Waals surface area contributed by atoms with Crippen molar-refractivity contribution in [3.05, 3.63) is 53.1 Å². The molecule has 23 heavy (non-hydrogen) atoms. The first kappa shape index (κ1) is 15.3. The zero-order chi connectivity index (χ0) is 16.2. The molecular formula is C16H14ClN3O3. The van der Waals surface area contributed by atoms with E-state index in [-0.39, 0.29) is 19.0 Å². The number of para-hydroxylation sites is 1. The highest BCUT2D eigenvalue weighted by Gasteiger charge is 2.08. The molecule has 3 aromatic rings. The number of carbonyl (C=O) groups is 1. The van der Waals surface area contributed by atoms with Crippen molar-refractivity contribution in [1.29, 1.82) is 0 Å². The highest BCUT2D eigenvalue weighted by molar-refractivity contribution is 6.31. The molecule has 0 radical (unpaired) electrons. The molecule has 0 aliphatic heterocycles. The molecule has 0 bridgehead atoms. The molecule has 1 aromatic heterocycles. The van der Waals surface area contributed by atoms with E-state index in [1.165, 1.54) is 11.8 Å². The van der Waals surface area contributed by atoms with Crippen LogP contribution in [0.3, 0.4) is 0 Å². The summed E-state index contributed by atoms with van der Waals surface area (Å²) in [4.78, 5) is 18.3. The zero-order valence-electron chi connectivity index (χ0n) is 12.4. The Hall–Kier alpha value is -2.60. The average molecular weight is 332 g/mol. The summed E-state index contributed by atoms with van der Waals surface area (Å²) >= 11 is 5.95. The minimum Gasteiger partial charge on any atom is -0.489 e. The number of halogens is 1. The van der Waals surface area contributed by atoms with Crippen molar-refractivity contribution in [2.75, 3.05) is 13.2 Å². The van der Waals surface area contributed by atoms with Crippen LogP contribution in [-0.4, -0.2) is 34.2 Å². The van der Waals surface area contributed by atoms with Gasteiger partial charge in [0.05, 0.1) is 5.56 Å². The minimum absolute atomic E-state index is 0.0431. The lowest BCUT2D eigenvalue weighted by molar-refractivity contribution is 0.0636. The molecule has 2 aromatic carbocycles. The van der Waals surface area contributed by atoms with E-state index in [0.29, 0.717) is 27.4 Å². The van der Waals surface area contributed by atoms with Gasteiger partial charge in [0.1, 0.15) is 23.4 Å². The van der Waals surface area contributed by atoms with Gasteiger partial charge in [0.15, 0.2) is 12.4 Å². The molecule has 0 saturated heterocycles. The van der Waals surface area contributed by atoms with Gasteiger partial charge in [-0.25, -0.2) is 0 Å². The first-order valence-electron chi connectivity index (χ1n) is 7.02. The first-order chi connectivity index (χ1) is 11.1. The molecule has 7 heteroatoms. The van der Waals surface area contributed by atoms with Gasteiger partial charge in [-0.1, -0.05) is 28.6 Å². The van der Waals surface area contributed by atoms with Gasteiger partial charge in [-0.15, -0.1) is 5.10 Å². The molecule has 0 aliphatic carbocycles. The van der Waals surface area contributed by atoms with Gasteiger partial charge in [-0.3, -0.25) is 4.79 Å². The maximum atomic E-state index is 11.5. The van der Waals surface area contributed by atoms with Crippen LogP contribution in [0.15, 0.2) is 42.5 Å². The number of fused-ring (bicyclic) bond motifs is 1. The molecule has 3 rings (SSSR count). The monoisotopic (exact) mass is 331 g/mol. The predicted molar refractivity (Wildman–Crippen MR) is 85.9 cm³/mol. The molecule has 1 heterocycles. The average Bonchev–Trinajstić information content (AvgIpc) is 2.94. The molecular weight excluding hydrogens is 318 g/mol. The fourth-order valence-electron chi connectivity index (χ4n) is 2.13. The third-order valence-electron chi connectivity index (χ3n) is 3.20.